The highest BCUT2D eigenvalue weighted by Crippen LogP contribution is 2.37. The molecule has 0 unspecified atom stereocenters. The lowest BCUT2D eigenvalue weighted by Crippen LogP contribution is -2.33. The molecule has 1 aromatic heterocycles. The quantitative estimate of drug-likeness (QED) is 0.415. The van der Waals surface area contributed by atoms with E-state index in [0.717, 1.165) is 10.6 Å². The number of amides is 1. The molecule has 0 atom stereocenters. The number of sulfonamides is 1. The van der Waals surface area contributed by atoms with Gasteiger partial charge in [0.15, 0.2) is 11.5 Å². The summed E-state index contributed by atoms with van der Waals surface area (Å²) in [6.45, 7) is 0.695. The second-order valence-electron chi connectivity index (χ2n) is 7.50. The summed E-state index contributed by atoms with van der Waals surface area (Å²) in [4.78, 5) is 17.1. The summed E-state index contributed by atoms with van der Waals surface area (Å²) in [5.41, 5.74) is 0.270. The molecule has 0 saturated heterocycles. The highest BCUT2D eigenvalue weighted by molar-refractivity contribution is 7.92. The zero-order valence-corrected chi connectivity index (χ0v) is 20.0. The molecule has 34 heavy (non-hydrogen) atoms. The van der Waals surface area contributed by atoms with Gasteiger partial charge in [0, 0.05) is 37.1 Å². The van der Waals surface area contributed by atoms with E-state index in [0.29, 0.717) is 19.5 Å². The monoisotopic (exact) mass is 490 g/mol. The van der Waals surface area contributed by atoms with Gasteiger partial charge in [-0.05, 0) is 18.6 Å². The predicted molar refractivity (Wildman–Crippen MR) is 126 cm³/mol. The van der Waals surface area contributed by atoms with Crippen LogP contribution >= 0.6 is 0 Å². The van der Waals surface area contributed by atoms with Crippen LogP contribution in [0.3, 0.4) is 0 Å². The Balaban J connectivity index is 1.95. The van der Waals surface area contributed by atoms with Crippen molar-refractivity contribution in [2.24, 2.45) is 0 Å². The van der Waals surface area contributed by atoms with Crippen molar-refractivity contribution in [3.63, 3.8) is 0 Å². The first kappa shape index (κ1) is 25.0. The number of carbonyl (C=O) groups is 1. The largest absolute Gasteiger partial charge is 0.493 e. The number of ether oxygens (including phenoxy) is 2. The number of hydrogen-bond acceptors (Lipinski definition) is 6. The highest BCUT2D eigenvalue weighted by Gasteiger charge is 2.27. The summed E-state index contributed by atoms with van der Waals surface area (Å²) < 4.78 is 53.4. The zero-order chi connectivity index (χ0) is 24.7. The molecular formula is C23H27FN4O5S. The molecular weight excluding hydrogens is 463 g/mol. The first-order valence-corrected chi connectivity index (χ1v) is 12.3. The number of carbonyl (C=O) groups excluding carboxylic acids is 1. The summed E-state index contributed by atoms with van der Waals surface area (Å²) in [5, 5.41) is 2.81. The molecule has 0 bridgehead atoms. The first-order chi connectivity index (χ1) is 16.2. The van der Waals surface area contributed by atoms with Crippen molar-refractivity contribution < 1.29 is 27.1 Å². The molecule has 0 aliphatic heterocycles. The highest BCUT2D eigenvalue weighted by atomic mass is 32.2. The molecule has 1 heterocycles. The fourth-order valence-corrected chi connectivity index (χ4v) is 4.28. The van der Waals surface area contributed by atoms with Crippen molar-refractivity contribution in [1.29, 1.82) is 0 Å². The van der Waals surface area contributed by atoms with E-state index in [9.17, 15) is 17.6 Å². The maximum atomic E-state index is 14.3. The van der Waals surface area contributed by atoms with Crippen LogP contribution < -0.4 is 19.1 Å². The number of hydrogen-bond donors (Lipinski definition) is 1. The molecule has 0 aliphatic carbocycles. The van der Waals surface area contributed by atoms with Gasteiger partial charge in [-0.2, -0.15) is 0 Å². The Morgan fingerprint density at radius 1 is 1.18 bits per heavy atom. The van der Waals surface area contributed by atoms with Crippen LogP contribution in [-0.2, 0) is 23.1 Å². The third-order valence-electron chi connectivity index (χ3n) is 5.13. The maximum Gasteiger partial charge on any atom is 0.253 e. The third-order valence-corrected chi connectivity index (χ3v) is 6.25. The van der Waals surface area contributed by atoms with Crippen LogP contribution in [0.5, 0.6) is 11.5 Å². The minimum absolute atomic E-state index is 0.0514. The number of imidazole rings is 1. The normalized spacial score (nSPS) is 11.2. The molecule has 0 radical (unpaired) electrons. The van der Waals surface area contributed by atoms with E-state index in [1.165, 1.54) is 44.6 Å². The Kier molecular flexibility index (Phi) is 8.11. The molecule has 0 aliphatic rings. The molecule has 3 rings (SSSR count). The molecule has 0 spiro atoms. The Bertz CT molecular complexity index is 1230. The molecule has 0 saturated carbocycles. The van der Waals surface area contributed by atoms with Crippen molar-refractivity contribution in [3.8, 4) is 11.5 Å². The zero-order valence-electron chi connectivity index (χ0n) is 19.2. The number of aryl methyl sites for hydroxylation is 1. The van der Waals surface area contributed by atoms with Gasteiger partial charge in [-0.3, -0.25) is 9.10 Å². The maximum absolute atomic E-state index is 14.3. The fraction of sp³-hybridized carbons (Fsp3) is 0.304. The van der Waals surface area contributed by atoms with Crippen LogP contribution in [0.25, 0.3) is 0 Å². The second kappa shape index (κ2) is 11.0. The topological polar surface area (TPSA) is 103 Å². The van der Waals surface area contributed by atoms with Gasteiger partial charge < -0.3 is 19.4 Å². The van der Waals surface area contributed by atoms with Gasteiger partial charge in [0.1, 0.15) is 5.82 Å². The lowest BCUT2D eigenvalue weighted by Gasteiger charge is -2.26. The Morgan fingerprint density at radius 3 is 2.50 bits per heavy atom. The number of anilines is 1. The number of nitrogens with zero attached hydrogens (tertiary/aromatic N) is 3. The fourth-order valence-electron chi connectivity index (χ4n) is 3.40. The van der Waals surface area contributed by atoms with E-state index in [4.69, 9.17) is 9.47 Å². The Morgan fingerprint density at radius 2 is 1.88 bits per heavy atom. The van der Waals surface area contributed by atoms with Crippen molar-refractivity contribution in [3.05, 3.63) is 72.1 Å². The molecule has 1 N–H and O–H groups in total. The van der Waals surface area contributed by atoms with E-state index >= 15 is 0 Å². The number of benzene rings is 2. The molecule has 182 valence electrons. The van der Waals surface area contributed by atoms with Crippen molar-refractivity contribution in [2.45, 2.75) is 19.5 Å². The van der Waals surface area contributed by atoms with Gasteiger partial charge >= 0.3 is 0 Å². The van der Waals surface area contributed by atoms with Crippen LogP contribution in [0.2, 0.25) is 0 Å². The standard InChI is InChI=1S/C23H27FN4O5S/c1-32-21-13-18(23(29)26-9-6-11-27-12-10-25-16-27)20(14-22(21)33-2)28(34(3,30)31)15-17-7-4-5-8-19(17)24/h4-5,7-8,10,12-14,16H,6,9,11,15H2,1-3H3,(H,26,29). The van der Waals surface area contributed by atoms with Gasteiger partial charge in [0.25, 0.3) is 5.91 Å². The van der Waals surface area contributed by atoms with Gasteiger partial charge in [-0.15, -0.1) is 0 Å². The number of methoxy groups -OCH3 is 2. The second-order valence-corrected chi connectivity index (χ2v) is 9.40. The number of nitrogens with one attached hydrogen (secondary N) is 1. The number of aromatic nitrogens is 2. The van der Waals surface area contributed by atoms with Crippen LogP contribution in [-0.4, -0.2) is 50.9 Å². The Hall–Kier alpha value is -3.60. The van der Waals surface area contributed by atoms with Crippen molar-refractivity contribution in [1.82, 2.24) is 14.9 Å². The lowest BCUT2D eigenvalue weighted by molar-refractivity contribution is 0.0953. The van der Waals surface area contributed by atoms with Gasteiger partial charge in [-0.25, -0.2) is 17.8 Å². The number of rotatable bonds is 11. The summed E-state index contributed by atoms with van der Waals surface area (Å²) >= 11 is 0. The summed E-state index contributed by atoms with van der Waals surface area (Å²) in [5.74, 6) is -0.559. The summed E-state index contributed by atoms with van der Waals surface area (Å²) in [6.07, 6.45) is 6.80. The van der Waals surface area contributed by atoms with Crippen LogP contribution in [0.1, 0.15) is 22.3 Å². The van der Waals surface area contributed by atoms with E-state index < -0.39 is 21.7 Å². The molecule has 2 aromatic carbocycles. The van der Waals surface area contributed by atoms with E-state index in [1.807, 2.05) is 10.8 Å². The molecule has 1 amide bonds. The van der Waals surface area contributed by atoms with Gasteiger partial charge in [0.2, 0.25) is 10.0 Å². The average Bonchev–Trinajstić information content (AvgIpc) is 3.33. The van der Waals surface area contributed by atoms with Crippen molar-refractivity contribution in [2.75, 3.05) is 31.3 Å². The van der Waals surface area contributed by atoms with E-state index in [1.54, 1.807) is 18.6 Å². The van der Waals surface area contributed by atoms with Gasteiger partial charge in [0.05, 0.1) is 44.6 Å². The predicted octanol–water partition coefficient (Wildman–Crippen LogP) is 2.83. The smallest absolute Gasteiger partial charge is 0.253 e. The Labute approximate surface area is 198 Å². The van der Waals surface area contributed by atoms with E-state index in [2.05, 4.69) is 10.3 Å². The SMILES string of the molecule is COc1cc(C(=O)NCCCn2ccnc2)c(N(Cc2ccccc2F)S(C)(=O)=O)cc1OC. The number of halogens is 1. The minimum Gasteiger partial charge on any atom is -0.493 e. The first-order valence-electron chi connectivity index (χ1n) is 10.5. The molecule has 0 fully saturated rings. The summed E-state index contributed by atoms with van der Waals surface area (Å²) in [6, 6.07) is 8.69. The van der Waals surface area contributed by atoms with Crippen LogP contribution in [0, 0.1) is 5.82 Å². The molecule has 3 aromatic rings. The van der Waals surface area contributed by atoms with Crippen LogP contribution in [0.15, 0.2) is 55.1 Å². The van der Waals surface area contributed by atoms with Gasteiger partial charge in [-0.1, -0.05) is 18.2 Å². The van der Waals surface area contributed by atoms with E-state index in [-0.39, 0.29) is 34.9 Å². The minimum atomic E-state index is -3.91. The van der Waals surface area contributed by atoms with Crippen LogP contribution in [0.4, 0.5) is 10.1 Å². The third kappa shape index (κ3) is 6.04. The molecule has 11 heteroatoms. The average molecular weight is 491 g/mol. The lowest BCUT2D eigenvalue weighted by atomic mass is 10.1. The summed E-state index contributed by atoms with van der Waals surface area (Å²) in [7, 11) is -1.09. The van der Waals surface area contributed by atoms with Crippen molar-refractivity contribution >= 4 is 21.6 Å². The molecule has 9 nitrogen and oxygen atoms in total.